The summed E-state index contributed by atoms with van der Waals surface area (Å²) in [4.78, 5) is 44.9. The molecule has 1 spiro atoms. The summed E-state index contributed by atoms with van der Waals surface area (Å²) >= 11 is 3.59. The zero-order valence-corrected chi connectivity index (χ0v) is 31.1. The molecule has 5 atom stereocenters. The van der Waals surface area contributed by atoms with Crippen molar-refractivity contribution in [2.75, 3.05) is 23.1 Å². The summed E-state index contributed by atoms with van der Waals surface area (Å²) in [5.74, 6) is -1.13. The number of ether oxygens (including phenoxy) is 1. The number of aliphatic hydroxyl groups excluding tert-OH is 1. The molecule has 3 aromatic rings. The summed E-state index contributed by atoms with van der Waals surface area (Å²) < 4.78 is 23.9. The number of hydrazone groups is 1. The van der Waals surface area contributed by atoms with Crippen molar-refractivity contribution < 1.29 is 28.3 Å². The summed E-state index contributed by atoms with van der Waals surface area (Å²) in [6, 6.07) is 22.6. The average molecular weight is 762 g/mol. The van der Waals surface area contributed by atoms with Gasteiger partial charge in [-0.25, -0.2) is 5.01 Å². The van der Waals surface area contributed by atoms with E-state index in [-0.39, 0.29) is 43.3 Å². The smallest absolute Gasteiger partial charge is 0.264 e. The molecule has 3 aromatic carbocycles. The van der Waals surface area contributed by atoms with E-state index in [0.717, 1.165) is 34.2 Å². The molecule has 3 amide bonds. The summed E-state index contributed by atoms with van der Waals surface area (Å²) in [6.45, 7) is 5.74. The van der Waals surface area contributed by atoms with Gasteiger partial charge in [0.15, 0.2) is 5.60 Å². The molecular formula is C38H42BrFN4O5Si. The van der Waals surface area contributed by atoms with Crippen LogP contribution in [0.25, 0.3) is 0 Å². The van der Waals surface area contributed by atoms with Crippen LogP contribution in [0.3, 0.4) is 0 Å². The van der Waals surface area contributed by atoms with Crippen molar-refractivity contribution in [3.8, 4) is 0 Å². The molecule has 50 heavy (non-hydrogen) atoms. The lowest BCUT2D eigenvalue weighted by atomic mass is 9.82. The number of fused-ring (bicyclic) bond motifs is 2. The highest BCUT2D eigenvalue weighted by molar-refractivity contribution is 9.10. The Bertz CT molecular complexity index is 1850. The molecule has 2 saturated heterocycles. The van der Waals surface area contributed by atoms with Crippen molar-refractivity contribution in [3.63, 3.8) is 0 Å². The van der Waals surface area contributed by atoms with Crippen LogP contribution < -0.4 is 9.91 Å². The molecular weight excluding hydrogens is 719 g/mol. The van der Waals surface area contributed by atoms with E-state index in [1.165, 1.54) is 5.01 Å². The van der Waals surface area contributed by atoms with Crippen LogP contribution in [0.2, 0.25) is 18.6 Å². The van der Waals surface area contributed by atoms with Crippen molar-refractivity contribution >= 4 is 59.1 Å². The first-order chi connectivity index (χ1) is 23.9. The number of rotatable bonds is 8. The van der Waals surface area contributed by atoms with Gasteiger partial charge < -0.3 is 23.8 Å². The molecule has 0 aromatic heterocycles. The van der Waals surface area contributed by atoms with Crippen LogP contribution in [0.1, 0.15) is 55.7 Å². The van der Waals surface area contributed by atoms with Gasteiger partial charge in [-0.1, -0.05) is 65.3 Å². The van der Waals surface area contributed by atoms with E-state index in [1.54, 1.807) is 22.9 Å². The Morgan fingerprint density at radius 3 is 2.60 bits per heavy atom. The molecule has 4 aliphatic rings. The van der Waals surface area contributed by atoms with Gasteiger partial charge in [-0.05, 0) is 67.4 Å². The number of carbonyl (C=O) groups is 3. The van der Waals surface area contributed by atoms with E-state index in [9.17, 15) is 19.5 Å². The van der Waals surface area contributed by atoms with E-state index in [1.807, 2.05) is 79.7 Å². The second-order valence-electron chi connectivity index (χ2n) is 14.4. The molecule has 4 aliphatic heterocycles. The molecule has 0 saturated carbocycles. The third-order valence-corrected chi connectivity index (χ3v) is 13.8. The number of anilines is 2. The second kappa shape index (κ2) is 13.4. The predicted molar refractivity (Wildman–Crippen MR) is 196 cm³/mol. The minimum Gasteiger partial charge on any atom is -0.394 e. The molecule has 12 heteroatoms. The number of benzene rings is 3. The number of nitrogens with zero attached hydrogens (tertiary/aromatic N) is 4. The molecule has 0 aliphatic carbocycles. The average Bonchev–Trinajstić information content (AvgIpc) is 3.76. The Morgan fingerprint density at radius 2 is 1.86 bits per heavy atom. The fraction of sp³-hybridized carbons (Fsp3) is 0.421. The topological polar surface area (TPSA) is 103 Å². The zero-order valence-electron chi connectivity index (χ0n) is 28.5. The maximum atomic E-state index is 16.3. The van der Waals surface area contributed by atoms with E-state index < -0.39 is 31.6 Å². The van der Waals surface area contributed by atoms with Crippen LogP contribution in [-0.4, -0.2) is 67.1 Å². The van der Waals surface area contributed by atoms with Gasteiger partial charge in [-0.15, -0.1) is 0 Å². The molecule has 0 bridgehead atoms. The fourth-order valence-corrected chi connectivity index (χ4v) is 11.4. The van der Waals surface area contributed by atoms with Gasteiger partial charge in [0.25, 0.3) is 5.91 Å². The van der Waals surface area contributed by atoms with Crippen molar-refractivity contribution in [2.45, 2.75) is 82.0 Å². The largest absolute Gasteiger partial charge is 0.394 e. The standard InChI is InChI=1S/C38H42BrFN4O5Si/c1-24-36(50(2,3)40)33(21-35(47)42-18-8-13-29(42)23-45)49-38(24)30-20-27(39)14-16-32(30)43(37(38)48)22-25-9-7-12-28(19-25)44-34(46)17-15-31(41-44)26-10-5-4-6-11-26/h4-7,9-12,14,16,19-20,24,29,33,36,45H,8,13,15,17-18,21-23H2,1-3H3/t24-,29+,33+,36-,38+/m1/s1. The van der Waals surface area contributed by atoms with Gasteiger partial charge in [-0.3, -0.25) is 14.4 Å². The fourth-order valence-electron chi connectivity index (χ4n) is 8.58. The number of halogens is 2. The van der Waals surface area contributed by atoms with Crippen LogP contribution in [0, 0.1) is 5.92 Å². The first-order valence-electron chi connectivity index (χ1n) is 17.4. The molecule has 4 heterocycles. The number of amides is 3. The lowest BCUT2D eigenvalue weighted by molar-refractivity contribution is -0.150. The van der Waals surface area contributed by atoms with Crippen LogP contribution in [0.15, 0.2) is 82.4 Å². The lowest BCUT2D eigenvalue weighted by Crippen LogP contribution is -2.45. The quantitative estimate of drug-likeness (QED) is 0.204. The van der Waals surface area contributed by atoms with E-state index >= 15 is 4.11 Å². The molecule has 0 radical (unpaired) electrons. The summed E-state index contributed by atoms with van der Waals surface area (Å²) in [6.07, 6.45) is 1.56. The summed E-state index contributed by atoms with van der Waals surface area (Å²) in [5, 5.41) is 16.0. The van der Waals surface area contributed by atoms with Gasteiger partial charge in [0.05, 0.1) is 48.8 Å². The van der Waals surface area contributed by atoms with Crippen LogP contribution in [0.4, 0.5) is 15.5 Å². The van der Waals surface area contributed by atoms with Crippen LogP contribution in [-0.2, 0) is 31.3 Å². The molecule has 1 N–H and O–H groups in total. The predicted octanol–water partition coefficient (Wildman–Crippen LogP) is 6.68. The molecule has 7 rings (SSSR count). The monoisotopic (exact) mass is 760 g/mol. The summed E-state index contributed by atoms with van der Waals surface area (Å²) in [7, 11) is -3.48. The summed E-state index contributed by atoms with van der Waals surface area (Å²) in [5.41, 5.74) is 2.40. The first kappa shape index (κ1) is 34.7. The van der Waals surface area contributed by atoms with Gasteiger partial charge >= 0.3 is 0 Å². The minimum atomic E-state index is -3.48. The zero-order chi connectivity index (χ0) is 35.4. The number of hydrogen-bond acceptors (Lipinski definition) is 6. The number of carbonyl (C=O) groups excluding carboxylic acids is 3. The van der Waals surface area contributed by atoms with Gasteiger partial charge in [0.1, 0.15) is 0 Å². The van der Waals surface area contributed by atoms with Gasteiger partial charge in [0.2, 0.25) is 20.2 Å². The van der Waals surface area contributed by atoms with Crippen molar-refractivity contribution in [3.05, 3.63) is 94.0 Å². The Morgan fingerprint density at radius 1 is 1.08 bits per heavy atom. The van der Waals surface area contributed by atoms with Gasteiger partial charge in [-0.2, -0.15) is 5.10 Å². The lowest BCUT2D eigenvalue weighted by Gasteiger charge is -2.31. The maximum Gasteiger partial charge on any atom is 0.264 e. The Labute approximate surface area is 301 Å². The molecule has 9 nitrogen and oxygen atoms in total. The minimum absolute atomic E-state index is 0.0539. The molecule has 0 unspecified atom stereocenters. The van der Waals surface area contributed by atoms with Gasteiger partial charge in [0, 0.05) is 40.9 Å². The molecule has 2 fully saturated rings. The van der Waals surface area contributed by atoms with Crippen LogP contribution in [0.5, 0.6) is 0 Å². The van der Waals surface area contributed by atoms with Crippen molar-refractivity contribution in [1.82, 2.24) is 4.90 Å². The highest BCUT2D eigenvalue weighted by atomic mass is 79.9. The third kappa shape index (κ3) is 6.03. The highest BCUT2D eigenvalue weighted by Crippen LogP contribution is 2.60. The normalized spacial score (nSPS) is 26.6. The Hall–Kier alpha value is -3.71. The van der Waals surface area contributed by atoms with Crippen molar-refractivity contribution in [1.29, 1.82) is 0 Å². The second-order valence-corrected chi connectivity index (χ2v) is 19.1. The van der Waals surface area contributed by atoms with E-state index in [2.05, 4.69) is 15.9 Å². The van der Waals surface area contributed by atoms with E-state index in [0.29, 0.717) is 36.3 Å². The van der Waals surface area contributed by atoms with E-state index in [4.69, 9.17) is 9.84 Å². The van der Waals surface area contributed by atoms with Crippen molar-refractivity contribution in [2.24, 2.45) is 11.0 Å². The SMILES string of the molecule is C[C@@H]1[C@@H]([Si](C)(C)F)[C@H](CC(=O)N2CCC[C@H]2CO)O[C@@]12C(=O)N(Cc1cccc(N3N=C(c4ccccc4)CCC3=O)c1)c1ccc(Br)cc12. The molecule has 262 valence electrons. The first-order valence-corrected chi connectivity index (χ1v) is 21.1. The Balaban J connectivity index is 1.21. The number of hydrogen-bond donors (Lipinski definition) is 1. The number of aliphatic hydroxyl groups is 1. The Kier molecular flexibility index (Phi) is 9.34. The number of likely N-dealkylation sites (tertiary alicyclic amines) is 1. The maximum absolute atomic E-state index is 16.3. The van der Waals surface area contributed by atoms with Crippen LogP contribution >= 0.6 is 15.9 Å². The highest BCUT2D eigenvalue weighted by Gasteiger charge is 2.67. The third-order valence-electron chi connectivity index (χ3n) is 10.8.